The molecule has 1 saturated carbocycles. The molecular weight excluding hydrogens is 299 g/mol. The summed E-state index contributed by atoms with van der Waals surface area (Å²) in [5.41, 5.74) is -0.756. The van der Waals surface area contributed by atoms with Crippen molar-refractivity contribution >= 4 is 29.3 Å². The van der Waals surface area contributed by atoms with Gasteiger partial charge in [-0.3, -0.25) is 4.79 Å². The molecule has 21 heavy (non-hydrogen) atoms. The molecule has 2 rings (SSSR count). The van der Waals surface area contributed by atoms with Crippen LogP contribution >= 0.6 is 11.6 Å². The van der Waals surface area contributed by atoms with Crippen LogP contribution in [0.1, 0.15) is 25.7 Å². The molecule has 0 aromatic heterocycles. The van der Waals surface area contributed by atoms with Crippen molar-refractivity contribution in [3.05, 3.63) is 29.0 Å². The van der Waals surface area contributed by atoms with Crippen LogP contribution in [0.2, 0.25) is 5.02 Å². The molecule has 1 aromatic carbocycles. The molecule has 0 atom stereocenters. The average molecular weight is 315 g/mol. The van der Waals surface area contributed by atoms with Crippen LogP contribution in [0.15, 0.2) is 18.2 Å². The number of rotatable bonds is 4. The van der Waals surface area contributed by atoms with Gasteiger partial charge < -0.3 is 15.7 Å². The number of nitrogens with one attached hydrogen (secondary N) is 2. The van der Waals surface area contributed by atoms with Gasteiger partial charge in [0.25, 0.3) is 0 Å². The molecule has 114 valence electrons. The van der Waals surface area contributed by atoms with Crippen LogP contribution < -0.4 is 10.6 Å². The number of urea groups is 1. The van der Waals surface area contributed by atoms with Crippen LogP contribution in [0, 0.1) is 11.2 Å². The van der Waals surface area contributed by atoms with Gasteiger partial charge in [0.1, 0.15) is 5.82 Å². The van der Waals surface area contributed by atoms with E-state index in [0.29, 0.717) is 12.8 Å². The first-order valence-electron chi connectivity index (χ1n) is 6.66. The fraction of sp³-hybridized carbons (Fsp3) is 0.429. The minimum absolute atomic E-state index is 0.0428. The standard InChI is InChI=1S/C14H16ClFN2O3/c15-10-4-3-9(16)7-11(10)18-13(21)17-8-14(12(19)20)5-1-2-6-14/h3-4,7H,1-2,5-6,8H2,(H,19,20)(H2,17,18,21). The van der Waals surface area contributed by atoms with Gasteiger partial charge in [0.05, 0.1) is 16.1 Å². The first-order chi connectivity index (χ1) is 9.93. The van der Waals surface area contributed by atoms with Crippen molar-refractivity contribution in [2.45, 2.75) is 25.7 Å². The van der Waals surface area contributed by atoms with Crippen LogP contribution in [0.4, 0.5) is 14.9 Å². The van der Waals surface area contributed by atoms with E-state index in [9.17, 15) is 19.1 Å². The smallest absolute Gasteiger partial charge is 0.319 e. The Labute approximate surface area is 126 Å². The van der Waals surface area contributed by atoms with Gasteiger partial charge in [-0.25, -0.2) is 9.18 Å². The Balaban J connectivity index is 1.96. The molecule has 1 aromatic rings. The predicted octanol–water partition coefficient (Wildman–Crippen LogP) is 3.25. The second-order valence-corrected chi connectivity index (χ2v) is 5.63. The van der Waals surface area contributed by atoms with Gasteiger partial charge in [-0.05, 0) is 31.0 Å². The van der Waals surface area contributed by atoms with Crippen LogP contribution in [0.3, 0.4) is 0 Å². The summed E-state index contributed by atoms with van der Waals surface area (Å²) in [6, 6.07) is 3.02. The first kappa shape index (κ1) is 15.6. The molecule has 1 fully saturated rings. The maximum Gasteiger partial charge on any atom is 0.319 e. The zero-order chi connectivity index (χ0) is 15.5. The van der Waals surface area contributed by atoms with Crippen molar-refractivity contribution < 1.29 is 19.1 Å². The monoisotopic (exact) mass is 314 g/mol. The van der Waals surface area contributed by atoms with Gasteiger partial charge >= 0.3 is 12.0 Å². The highest BCUT2D eigenvalue weighted by molar-refractivity contribution is 6.33. The second kappa shape index (κ2) is 6.30. The second-order valence-electron chi connectivity index (χ2n) is 5.22. The van der Waals surface area contributed by atoms with E-state index >= 15 is 0 Å². The third kappa shape index (κ3) is 3.64. The first-order valence-corrected chi connectivity index (χ1v) is 7.04. The van der Waals surface area contributed by atoms with E-state index in [1.807, 2.05) is 0 Å². The quantitative estimate of drug-likeness (QED) is 0.798. The molecule has 1 aliphatic rings. The average Bonchev–Trinajstić information content (AvgIpc) is 2.91. The van der Waals surface area contributed by atoms with E-state index in [4.69, 9.17) is 11.6 Å². The van der Waals surface area contributed by atoms with E-state index < -0.39 is 23.2 Å². The molecule has 7 heteroatoms. The number of carboxylic acids is 1. The normalized spacial score (nSPS) is 16.5. The Morgan fingerprint density at radius 2 is 2.00 bits per heavy atom. The summed E-state index contributed by atoms with van der Waals surface area (Å²) in [4.78, 5) is 23.2. The number of benzene rings is 1. The summed E-state index contributed by atoms with van der Waals surface area (Å²) < 4.78 is 13.1. The maximum atomic E-state index is 13.1. The fourth-order valence-corrected chi connectivity index (χ4v) is 2.69. The van der Waals surface area contributed by atoms with Gasteiger partial charge in [-0.1, -0.05) is 24.4 Å². The van der Waals surface area contributed by atoms with Crippen LogP contribution in [0.25, 0.3) is 0 Å². The third-order valence-corrected chi connectivity index (χ3v) is 4.11. The lowest BCUT2D eigenvalue weighted by molar-refractivity contribution is -0.148. The Hall–Kier alpha value is -1.82. The molecule has 2 amide bonds. The maximum absolute atomic E-state index is 13.1. The van der Waals surface area contributed by atoms with Crippen molar-refractivity contribution in [3.8, 4) is 0 Å². The Bertz CT molecular complexity index is 559. The van der Waals surface area contributed by atoms with E-state index in [0.717, 1.165) is 18.9 Å². The SMILES string of the molecule is O=C(NCC1(C(=O)O)CCCC1)Nc1cc(F)ccc1Cl. The van der Waals surface area contributed by atoms with Crippen molar-refractivity contribution in [1.29, 1.82) is 0 Å². The van der Waals surface area contributed by atoms with Crippen LogP contribution in [-0.2, 0) is 4.79 Å². The minimum Gasteiger partial charge on any atom is -0.481 e. The topological polar surface area (TPSA) is 78.4 Å². The summed E-state index contributed by atoms with van der Waals surface area (Å²) in [5, 5.41) is 14.5. The number of halogens is 2. The largest absolute Gasteiger partial charge is 0.481 e. The number of carboxylic acid groups (broad SMARTS) is 1. The molecule has 0 radical (unpaired) electrons. The summed E-state index contributed by atoms with van der Waals surface area (Å²) in [5.74, 6) is -1.42. The molecule has 0 aliphatic heterocycles. The van der Waals surface area contributed by atoms with E-state index in [1.165, 1.54) is 12.1 Å². The van der Waals surface area contributed by atoms with Crippen molar-refractivity contribution in [3.63, 3.8) is 0 Å². The minimum atomic E-state index is -0.900. The van der Waals surface area contributed by atoms with Gasteiger partial charge in [0, 0.05) is 6.54 Å². The highest BCUT2D eigenvalue weighted by Crippen LogP contribution is 2.37. The number of amides is 2. The molecule has 0 spiro atoms. The van der Waals surface area contributed by atoms with Gasteiger partial charge in [-0.15, -0.1) is 0 Å². The van der Waals surface area contributed by atoms with Crippen molar-refractivity contribution in [1.82, 2.24) is 5.32 Å². The number of carbonyl (C=O) groups is 2. The Morgan fingerprint density at radius 3 is 2.62 bits per heavy atom. The highest BCUT2D eigenvalue weighted by Gasteiger charge is 2.41. The van der Waals surface area contributed by atoms with E-state index in [2.05, 4.69) is 10.6 Å². The molecule has 0 heterocycles. The Kier molecular flexibility index (Phi) is 4.67. The molecule has 0 unspecified atom stereocenters. The lowest BCUT2D eigenvalue weighted by atomic mass is 9.86. The summed E-state index contributed by atoms with van der Waals surface area (Å²) in [6.45, 7) is 0.0428. The van der Waals surface area contributed by atoms with Gasteiger partial charge in [-0.2, -0.15) is 0 Å². The zero-order valence-electron chi connectivity index (χ0n) is 11.3. The van der Waals surface area contributed by atoms with E-state index in [1.54, 1.807) is 0 Å². The number of anilines is 1. The fourth-order valence-electron chi connectivity index (χ4n) is 2.53. The lowest BCUT2D eigenvalue weighted by Crippen LogP contribution is -2.42. The third-order valence-electron chi connectivity index (χ3n) is 3.78. The Morgan fingerprint density at radius 1 is 1.33 bits per heavy atom. The highest BCUT2D eigenvalue weighted by atomic mass is 35.5. The van der Waals surface area contributed by atoms with E-state index in [-0.39, 0.29) is 17.3 Å². The summed E-state index contributed by atoms with van der Waals surface area (Å²) in [6.07, 6.45) is 2.77. The van der Waals surface area contributed by atoms with Crippen LogP contribution in [0.5, 0.6) is 0 Å². The van der Waals surface area contributed by atoms with Crippen LogP contribution in [-0.4, -0.2) is 23.7 Å². The van der Waals surface area contributed by atoms with Crippen molar-refractivity contribution in [2.75, 3.05) is 11.9 Å². The zero-order valence-corrected chi connectivity index (χ0v) is 12.0. The number of aliphatic carboxylic acids is 1. The molecule has 0 bridgehead atoms. The number of carbonyl (C=O) groups excluding carboxylic acids is 1. The molecule has 0 saturated heterocycles. The number of hydrogen-bond donors (Lipinski definition) is 3. The predicted molar refractivity (Wildman–Crippen MR) is 77.0 cm³/mol. The van der Waals surface area contributed by atoms with Gasteiger partial charge in [0.2, 0.25) is 0 Å². The number of hydrogen-bond acceptors (Lipinski definition) is 2. The molecule has 5 nitrogen and oxygen atoms in total. The lowest BCUT2D eigenvalue weighted by Gasteiger charge is -2.24. The molecule has 1 aliphatic carbocycles. The summed E-state index contributed by atoms with van der Waals surface area (Å²) in [7, 11) is 0. The molecular formula is C14H16ClFN2O3. The van der Waals surface area contributed by atoms with Crippen molar-refractivity contribution in [2.24, 2.45) is 5.41 Å². The molecule has 3 N–H and O–H groups in total. The summed E-state index contributed by atoms with van der Waals surface area (Å²) >= 11 is 5.84. The van der Waals surface area contributed by atoms with Gasteiger partial charge in [0.15, 0.2) is 0 Å².